The predicted molar refractivity (Wildman–Crippen MR) is 102 cm³/mol. The van der Waals surface area contributed by atoms with Gasteiger partial charge in [-0.15, -0.1) is 11.3 Å². The minimum atomic E-state index is -0.0652. The third kappa shape index (κ3) is 6.49. The van der Waals surface area contributed by atoms with Crippen molar-refractivity contribution in [2.24, 2.45) is 10.9 Å². The molecule has 2 heterocycles. The van der Waals surface area contributed by atoms with Crippen LogP contribution in [0, 0.1) is 5.92 Å². The molecule has 0 saturated carbocycles. The van der Waals surface area contributed by atoms with Gasteiger partial charge in [-0.1, -0.05) is 13.0 Å². The van der Waals surface area contributed by atoms with Crippen molar-refractivity contribution in [3.63, 3.8) is 0 Å². The fraction of sp³-hybridized carbons (Fsp3) is 0.611. The normalized spacial score (nSPS) is 16.9. The minimum absolute atomic E-state index is 0.0652. The van der Waals surface area contributed by atoms with Crippen molar-refractivity contribution in [3.8, 4) is 0 Å². The van der Waals surface area contributed by atoms with Gasteiger partial charge >= 0.3 is 0 Å². The van der Waals surface area contributed by atoms with Gasteiger partial charge in [-0.25, -0.2) is 0 Å². The first-order valence-corrected chi connectivity index (χ1v) is 9.86. The maximum Gasteiger partial charge on any atom is 0.229 e. The van der Waals surface area contributed by atoms with E-state index in [9.17, 15) is 9.59 Å². The highest BCUT2D eigenvalue weighted by molar-refractivity contribution is 7.09. The molecule has 0 spiro atoms. The van der Waals surface area contributed by atoms with E-state index in [4.69, 9.17) is 0 Å². The van der Waals surface area contributed by atoms with E-state index >= 15 is 0 Å². The van der Waals surface area contributed by atoms with E-state index < -0.39 is 0 Å². The topological polar surface area (TPSA) is 73.8 Å². The second kappa shape index (κ2) is 10.2. The van der Waals surface area contributed by atoms with Gasteiger partial charge in [-0.05, 0) is 37.1 Å². The van der Waals surface area contributed by atoms with Crippen molar-refractivity contribution >= 4 is 29.1 Å². The molecule has 1 fully saturated rings. The van der Waals surface area contributed by atoms with E-state index in [1.807, 2.05) is 6.92 Å². The fourth-order valence-electron chi connectivity index (χ4n) is 2.76. The van der Waals surface area contributed by atoms with Crippen molar-refractivity contribution < 1.29 is 9.59 Å². The summed E-state index contributed by atoms with van der Waals surface area (Å²) in [5.41, 5.74) is 0. The number of thiophene rings is 1. The number of likely N-dealkylation sites (tertiary alicyclic amines) is 1. The number of nitrogens with one attached hydrogen (secondary N) is 2. The van der Waals surface area contributed by atoms with E-state index in [-0.39, 0.29) is 11.8 Å². The number of rotatable bonds is 8. The number of piperidine rings is 1. The minimum Gasteiger partial charge on any atom is -0.357 e. The van der Waals surface area contributed by atoms with Gasteiger partial charge in [0.2, 0.25) is 11.8 Å². The molecule has 6 nitrogen and oxygen atoms in total. The summed E-state index contributed by atoms with van der Waals surface area (Å²) in [6, 6.07) is 4.23. The number of carbonyl (C=O) groups excluding carboxylic acids is 2. The van der Waals surface area contributed by atoms with Gasteiger partial charge in [0.15, 0.2) is 5.96 Å². The van der Waals surface area contributed by atoms with Crippen LogP contribution in [0.1, 0.15) is 38.0 Å². The zero-order valence-electron chi connectivity index (χ0n) is 15.1. The van der Waals surface area contributed by atoms with Gasteiger partial charge in [0.1, 0.15) is 0 Å². The first-order chi connectivity index (χ1) is 12.1. The zero-order chi connectivity index (χ0) is 18.1. The molecule has 2 N–H and O–H groups in total. The second-order valence-electron chi connectivity index (χ2n) is 6.33. The number of hydrogen-bond donors (Lipinski definition) is 2. The van der Waals surface area contributed by atoms with E-state index in [1.165, 1.54) is 9.78 Å². The van der Waals surface area contributed by atoms with Crippen LogP contribution in [0.3, 0.4) is 0 Å². The molecule has 1 aliphatic heterocycles. The summed E-state index contributed by atoms with van der Waals surface area (Å²) < 4.78 is 0. The maximum atomic E-state index is 11.8. The average Bonchev–Trinajstić information content (AvgIpc) is 3.08. The number of amides is 2. The number of carbonyl (C=O) groups is 2. The monoisotopic (exact) mass is 364 g/mol. The van der Waals surface area contributed by atoms with Crippen LogP contribution in [0.2, 0.25) is 0 Å². The third-order valence-electron chi connectivity index (χ3n) is 4.05. The molecule has 25 heavy (non-hydrogen) atoms. The molecule has 7 heteroatoms. The van der Waals surface area contributed by atoms with Crippen molar-refractivity contribution in [1.29, 1.82) is 0 Å². The summed E-state index contributed by atoms with van der Waals surface area (Å²) in [5, 5.41) is 8.53. The molecule has 0 bridgehead atoms. The first-order valence-electron chi connectivity index (χ1n) is 8.98. The number of aliphatic imine (C=N–C) groups is 1. The quantitative estimate of drug-likeness (QED) is 0.420. The zero-order valence-corrected chi connectivity index (χ0v) is 15.9. The van der Waals surface area contributed by atoms with Gasteiger partial charge in [-0.3, -0.25) is 19.5 Å². The summed E-state index contributed by atoms with van der Waals surface area (Å²) in [6.07, 6.45) is 2.64. The summed E-state index contributed by atoms with van der Waals surface area (Å²) in [4.78, 5) is 31.0. The molecule has 1 atom stereocenters. The van der Waals surface area contributed by atoms with E-state index in [0.29, 0.717) is 38.3 Å². The van der Waals surface area contributed by atoms with Crippen molar-refractivity contribution in [2.45, 2.75) is 39.5 Å². The second-order valence-corrected chi connectivity index (χ2v) is 7.36. The highest BCUT2D eigenvalue weighted by Crippen LogP contribution is 2.14. The molecule has 2 rings (SSSR count). The Bertz CT molecular complexity index is 570. The summed E-state index contributed by atoms with van der Waals surface area (Å²) in [7, 11) is 0. The molecule has 1 unspecified atom stereocenters. The Kier molecular flexibility index (Phi) is 7.91. The van der Waals surface area contributed by atoms with Crippen LogP contribution in [-0.2, 0) is 16.0 Å². The molecule has 0 radical (unpaired) electrons. The van der Waals surface area contributed by atoms with Crippen molar-refractivity contribution in [3.05, 3.63) is 22.4 Å². The Balaban J connectivity index is 1.78. The van der Waals surface area contributed by atoms with Gasteiger partial charge in [-0.2, -0.15) is 0 Å². The average molecular weight is 365 g/mol. The van der Waals surface area contributed by atoms with Crippen molar-refractivity contribution in [1.82, 2.24) is 15.5 Å². The molecule has 138 valence electrons. The number of imide groups is 1. The van der Waals surface area contributed by atoms with Gasteiger partial charge < -0.3 is 10.6 Å². The molecule has 2 amide bonds. The summed E-state index contributed by atoms with van der Waals surface area (Å²) in [6.45, 7) is 6.62. The Hall–Kier alpha value is -1.89. The lowest BCUT2D eigenvalue weighted by Crippen LogP contribution is -2.46. The van der Waals surface area contributed by atoms with Crippen LogP contribution in [-0.4, -0.2) is 48.9 Å². The Morgan fingerprint density at radius 1 is 1.32 bits per heavy atom. The van der Waals surface area contributed by atoms with Crippen LogP contribution in [0.25, 0.3) is 0 Å². The molecule has 1 aromatic heterocycles. The molecule has 1 aliphatic rings. The molecule has 1 aromatic rings. The van der Waals surface area contributed by atoms with Gasteiger partial charge in [0.05, 0.1) is 0 Å². The van der Waals surface area contributed by atoms with Crippen LogP contribution in [0.4, 0.5) is 0 Å². The molecule has 0 aliphatic carbocycles. The number of hydrogen-bond acceptors (Lipinski definition) is 4. The first kappa shape index (κ1) is 19.4. The van der Waals surface area contributed by atoms with E-state index in [0.717, 1.165) is 25.5 Å². The fourth-order valence-corrected chi connectivity index (χ4v) is 3.63. The lowest BCUT2D eigenvalue weighted by Gasteiger charge is -2.25. The Labute approximate surface area is 153 Å². The smallest absolute Gasteiger partial charge is 0.229 e. The van der Waals surface area contributed by atoms with Crippen LogP contribution in [0.5, 0.6) is 0 Å². The maximum absolute atomic E-state index is 11.8. The largest absolute Gasteiger partial charge is 0.357 e. The Morgan fingerprint density at radius 2 is 2.08 bits per heavy atom. The molecular formula is C18H28N4O2S. The molecule has 1 saturated heterocycles. The van der Waals surface area contributed by atoms with E-state index in [1.54, 1.807) is 11.3 Å². The standard InChI is InChI=1S/C18H28N4O2S/c1-3-19-18(21-13-14(2)12-15-6-5-11-25-15)20-9-10-22-16(23)7-4-8-17(22)24/h5-6,11,14H,3-4,7-10,12-13H2,1-2H3,(H2,19,20,21). The summed E-state index contributed by atoms with van der Waals surface area (Å²) >= 11 is 1.78. The van der Waals surface area contributed by atoms with Crippen LogP contribution in [0.15, 0.2) is 22.5 Å². The lowest BCUT2D eigenvalue weighted by molar-refractivity contribution is -0.147. The third-order valence-corrected chi connectivity index (χ3v) is 4.95. The van der Waals surface area contributed by atoms with Gasteiger partial charge in [0, 0.05) is 43.9 Å². The lowest BCUT2D eigenvalue weighted by atomic mass is 10.1. The predicted octanol–water partition coefficient (Wildman–Crippen LogP) is 2.02. The number of guanidine groups is 1. The van der Waals surface area contributed by atoms with Crippen LogP contribution >= 0.6 is 11.3 Å². The van der Waals surface area contributed by atoms with Crippen molar-refractivity contribution in [2.75, 3.05) is 26.2 Å². The SMILES string of the molecule is CCNC(=NCC(C)Cc1cccs1)NCCN1C(=O)CCCC1=O. The highest BCUT2D eigenvalue weighted by atomic mass is 32.1. The molecule has 0 aromatic carbocycles. The highest BCUT2D eigenvalue weighted by Gasteiger charge is 2.25. The van der Waals surface area contributed by atoms with Gasteiger partial charge in [0.25, 0.3) is 0 Å². The van der Waals surface area contributed by atoms with Crippen LogP contribution < -0.4 is 10.6 Å². The molecular weight excluding hydrogens is 336 g/mol. The Morgan fingerprint density at radius 3 is 2.72 bits per heavy atom. The summed E-state index contributed by atoms with van der Waals surface area (Å²) in [5.74, 6) is 1.06. The van der Waals surface area contributed by atoms with E-state index in [2.05, 4.69) is 40.1 Å². The number of nitrogens with zero attached hydrogens (tertiary/aromatic N) is 2.